The highest BCUT2D eigenvalue weighted by Crippen LogP contribution is 2.12. The van der Waals surface area contributed by atoms with E-state index in [9.17, 15) is 0 Å². The molecule has 0 aromatic rings. The Balaban J connectivity index is 2.32. The van der Waals surface area contributed by atoms with Crippen LogP contribution in [0, 0.1) is 5.92 Å². The van der Waals surface area contributed by atoms with Crippen molar-refractivity contribution in [1.82, 2.24) is 10.2 Å². The molecule has 0 amide bonds. The molecule has 1 fully saturated rings. The van der Waals surface area contributed by atoms with Crippen molar-refractivity contribution in [2.45, 2.75) is 52.7 Å². The number of ether oxygens (including phenoxy) is 1. The molecule has 2 unspecified atom stereocenters. The summed E-state index contributed by atoms with van der Waals surface area (Å²) in [4.78, 5) is 2.55. The Kier molecular flexibility index (Phi) is 7.09. The van der Waals surface area contributed by atoms with Gasteiger partial charge in [-0.25, -0.2) is 0 Å². The lowest BCUT2D eigenvalue weighted by atomic mass is 9.99. The SMILES string of the molecule is CCC(C)C1CN(CCOC(C)C)CCCN1. The van der Waals surface area contributed by atoms with E-state index in [1.54, 1.807) is 0 Å². The molecule has 1 aliphatic rings. The van der Waals surface area contributed by atoms with Gasteiger partial charge in [0, 0.05) is 19.1 Å². The molecule has 3 nitrogen and oxygen atoms in total. The average Bonchev–Trinajstić information content (AvgIpc) is 2.53. The fraction of sp³-hybridized carbons (Fsp3) is 1.00. The first-order valence-corrected chi connectivity index (χ1v) is 7.20. The van der Waals surface area contributed by atoms with Crippen LogP contribution in [0.3, 0.4) is 0 Å². The van der Waals surface area contributed by atoms with Gasteiger partial charge in [0.15, 0.2) is 0 Å². The Hall–Kier alpha value is -0.120. The van der Waals surface area contributed by atoms with Crippen LogP contribution in [0.5, 0.6) is 0 Å². The van der Waals surface area contributed by atoms with Crippen LogP contribution in [0.15, 0.2) is 0 Å². The van der Waals surface area contributed by atoms with Gasteiger partial charge in [0.25, 0.3) is 0 Å². The first-order valence-electron chi connectivity index (χ1n) is 7.20. The Morgan fingerprint density at radius 1 is 1.35 bits per heavy atom. The number of nitrogens with one attached hydrogen (secondary N) is 1. The largest absolute Gasteiger partial charge is 0.377 e. The number of rotatable bonds is 6. The first kappa shape index (κ1) is 14.9. The molecule has 1 saturated heterocycles. The normalized spacial score (nSPS) is 24.9. The van der Waals surface area contributed by atoms with Gasteiger partial charge in [0.2, 0.25) is 0 Å². The first-order chi connectivity index (χ1) is 8.13. The van der Waals surface area contributed by atoms with E-state index in [1.807, 2.05) is 0 Å². The van der Waals surface area contributed by atoms with Crippen LogP contribution in [-0.4, -0.2) is 49.8 Å². The Labute approximate surface area is 107 Å². The lowest BCUT2D eigenvalue weighted by Gasteiger charge is -2.28. The Morgan fingerprint density at radius 2 is 2.12 bits per heavy atom. The van der Waals surface area contributed by atoms with Crippen molar-refractivity contribution in [2.75, 3.05) is 32.8 Å². The molecule has 17 heavy (non-hydrogen) atoms. The van der Waals surface area contributed by atoms with Crippen molar-refractivity contribution in [2.24, 2.45) is 5.92 Å². The molecule has 0 saturated carbocycles. The van der Waals surface area contributed by atoms with E-state index in [1.165, 1.54) is 25.9 Å². The molecular formula is C14H30N2O. The van der Waals surface area contributed by atoms with E-state index in [4.69, 9.17) is 4.74 Å². The van der Waals surface area contributed by atoms with Gasteiger partial charge in [-0.3, -0.25) is 4.90 Å². The second kappa shape index (κ2) is 8.06. The van der Waals surface area contributed by atoms with Gasteiger partial charge in [-0.2, -0.15) is 0 Å². The molecule has 1 heterocycles. The Morgan fingerprint density at radius 3 is 2.76 bits per heavy atom. The third-order valence-electron chi connectivity index (χ3n) is 3.70. The molecule has 3 heteroatoms. The van der Waals surface area contributed by atoms with Crippen molar-refractivity contribution in [1.29, 1.82) is 0 Å². The second-order valence-electron chi connectivity index (χ2n) is 5.52. The van der Waals surface area contributed by atoms with Crippen LogP contribution >= 0.6 is 0 Å². The monoisotopic (exact) mass is 242 g/mol. The molecular weight excluding hydrogens is 212 g/mol. The van der Waals surface area contributed by atoms with Crippen molar-refractivity contribution < 1.29 is 4.74 Å². The zero-order valence-electron chi connectivity index (χ0n) is 12.0. The fourth-order valence-corrected chi connectivity index (χ4v) is 2.31. The second-order valence-corrected chi connectivity index (χ2v) is 5.52. The summed E-state index contributed by atoms with van der Waals surface area (Å²) >= 11 is 0. The predicted molar refractivity (Wildman–Crippen MR) is 73.4 cm³/mol. The maximum Gasteiger partial charge on any atom is 0.0596 e. The summed E-state index contributed by atoms with van der Waals surface area (Å²) < 4.78 is 5.65. The van der Waals surface area contributed by atoms with E-state index < -0.39 is 0 Å². The molecule has 1 N–H and O–H groups in total. The topological polar surface area (TPSA) is 24.5 Å². The predicted octanol–water partition coefficient (Wildman–Crippen LogP) is 2.12. The minimum Gasteiger partial charge on any atom is -0.377 e. The maximum atomic E-state index is 5.65. The zero-order chi connectivity index (χ0) is 12.7. The quantitative estimate of drug-likeness (QED) is 0.772. The van der Waals surface area contributed by atoms with E-state index in [0.29, 0.717) is 12.1 Å². The van der Waals surface area contributed by atoms with Crippen LogP contribution < -0.4 is 5.32 Å². The third kappa shape index (κ3) is 5.84. The Bertz CT molecular complexity index is 197. The van der Waals surface area contributed by atoms with Gasteiger partial charge in [-0.05, 0) is 39.3 Å². The highest BCUT2D eigenvalue weighted by Gasteiger charge is 2.21. The van der Waals surface area contributed by atoms with E-state index >= 15 is 0 Å². The van der Waals surface area contributed by atoms with Gasteiger partial charge < -0.3 is 10.1 Å². The standard InChI is InChI=1S/C14H30N2O/c1-5-13(4)14-11-16(8-6-7-15-14)9-10-17-12(2)3/h12-15H,5-11H2,1-4H3. The molecule has 0 aliphatic carbocycles. The van der Waals surface area contributed by atoms with Gasteiger partial charge >= 0.3 is 0 Å². The van der Waals surface area contributed by atoms with Crippen molar-refractivity contribution >= 4 is 0 Å². The van der Waals surface area contributed by atoms with Crippen LogP contribution in [0.25, 0.3) is 0 Å². The van der Waals surface area contributed by atoms with Crippen molar-refractivity contribution in [3.05, 3.63) is 0 Å². The van der Waals surface area contributed by atoms with Gasteiger partial charge in [-0.15, -0.1) is 0 Å². The lowest BCUT2D eigenvalue weighted by Crippen LogP contribution is -2.42. The molecule has 0 bridgehead atoms. The molecule has 0 spiro atoms. The summed E-state index contributed by atoms with van der Waals surface area (Å²) in [5.74, 6) is 0.765. The third-order valence-corrected chi connectivity index (χ3v) is 3.70. The minimum atomic E-state index is 0.352. The van der Waals surface area contributed by atoms with Crippen LogP contribution in [0.4, 0.5) is 0 Å². The van der Waals surface area contributed by atoms with Gasteiger partial charge in [-0.1, -0.05) is 20.3 Å². The zero-order valence-corrected chi connectivity index (χ0v) is 12.0. The van der Waals surface area contributed by atoms with Gasteiger partial charge in [0.1, 0.15) is 0 Å². The number of hydrogen-bond acceptors (Lipinski definition) is 3. The summed E-state index contributed by atoms with van der Waals surface area (Å²) in [5.41, 5.74) is 0. The summed E-state index contributed by atoms with van der Waals surface area (Å²) in [7, 11) is 0. The van der Waals surface area contributed by atoms with Crippen LogP contribution in [-0.2, 0) is 4.74 Å². The molecule has 1 rings (SSSR count). The smallest absolute Gasteiger partial charge is 0.0596 e. The van der Waals surface area contributed by atoms with Crippen LogP contribution in [0.2, 0.25) is 0 Å². The summed E-state index contributed by atoms with van der Waals surface area (Å²) in [6.45, 7) is 14.3. The van der Waals surface area contributed by atoms with Crippen molar-refractivity contribution in [3.8, 4) is 0 Å². The fourth-order valence-electron chi connectivity index (χ4n) is 2.31. The minimum absolute atomic E-state index is 0.352. The number of nitrogens with zero attached hydrogens (tertiary/aromatic N) is 1. The summed E-state index contributed by atoms with van der Waals surface area (Å²) in [5, 5.41) is 3.68. The lowest BCUT2D eigenvalue weighted by molar-refractivity contribution is 0.0575. The van der Waals surface area contributed by atoms with Gasteiger partial charge in [0.05, 0.1) is 12.7 Å². The summed E-state index contributed by atoms with van der Waals surface area (Å²) in [6.07, 6.45) is 2.87. The maximum absolute atomic E-state index is 5.65. The molecule has 1 aliphatic heterocycles. The highest BCUT2D eigenvalue weighted by atomic mass is 16.5. The molecule has 0 aromatic heterocycles. The number of hydrogen-bond donors (Lipinski definition) is 1. The molecule has 2 atom stereocenters. The average molecular weight is 242 g/mol. The van der Waals surface area contributed by atoms with E-state index in [-0.39, 0.29) is 0 Å². The van der Waals surface area contributed by atoms with Crippen molar-refractivity contribution in [3.63, 3.8) is 0 Å². The molecule has 0 radical (unpaired) electrons. The van der Waals surface area contributed by atoms with E-state index in [0.717, 1.165) is 25.6 Å². The molecule has 0 aromatic carbocycles. The summed E-state index contributed by atoms with van der Waals surface area (Å²) in [6, 6.07) is 0.654. The molecule has 102 valence electrons. The highest BCUT2D eigenvalue weighted by molar-refractivity contribution is 4.80. The van der Waals surface area contributed by atoms with Crippen LogP contribution in [0.1, 0.15) is 40.5 Å². The van der Waals surface area contributed by atoms with E-state index in [2.05, 4.69) is 37.9 Å².